The van der Waals surface area contributed by atoms with Gasteiger partial charge in [-0.25, -0.2) is 8.78 Å². The summed E-state index contributed by atoms with van der Waals surface area (Å²) in [6, 6.07) is 81.2. The summed E-state index contributed by atoms with van der Waals surface area (Å²) in [5.74, 6) is 4.35. The molecule has 0 aliphatic carbocycles. The van der Waals surface area contributed by atoms with Crippen molar-refractivity contribution >= 4 is 11.6 Å². The number of ether oxygens (including phenoxy) is 13. The number of hydrogen-bond donors (Lipinski definition) is 6. The Bertz CT molecular complexity index is 6670. The van der Waals surface area contributed by atoms with Gasteiger partial charge >= 0.3 is 24.9 Å². The van der Waals surface area contributed by atoms with Crippen LogP contribution in [0, 0.1) is 18.6 Å². The first-order valence-electron chi connectivity index (χ1n) is 44.3. The first-order valence-corrected chi connectivity index (χ1v) is 44.7. The average Bonchev–Trinajstić information content (AvgIpc) is 0.711. The van der Waals surface area contributed by atoms with Crippen LogP contribution in [0.1, 0.15) is 22.3 Å². The van der Waals surface area contributed by atoms with E-state index in [1.54, 1.807) is 85.8 Å². The number of fused-ring (bicyclic) bond motifs is 6. The maximum atomic E-state index is 14.2. The second kappa shape index (κ2) is 44.8. The molecule has 0 fully saturated rings. The SMILES string of the molecule is Cc1ccc(-c2cccc3c2O[C@@H](CN)CO3)c(C(F)(F)F)c1.NC[C@H]1COc2cc(F)cc(-c3ccccc3-c3ccccc3)c2O1.NC[C@H]1COc2cccc(-c3c(F)cccc3Cl)c2O1.NC[C@H]1COc2cccc(-c3ccc(C(F)(F)F)cc3C(F)(F)F)c2O1.NC[C@H]1COc2cccc(-c3ccccc3-c3ccccc3)c2O1.NC[C@H]1COc2cccc(-c3ccccc3OC(F)(F)F)c2O1. The van der Waals surface area contributed by atoms with E-state index in [1.165, 1.54) is 71.8 Å². The lowest BCUT2D eigenvalue weighted by molar-refractivity contribution is -0.274. The van der Waals surface area contributed by atoms with Crippen LogP contribution in [-0.2, 0) is 18.5 Å². The van der Waals surface area contributed by atoms with Gasteiger partial charge in [0.05, 0.1) is 21.7 Å². The van der Waals surface area contributed by atoms with E-state index in [2.05, 4.69) is 53.3 Å². The van der Waals surface area contributed by atoms with Gasteiger partial charge in [0.15, 0.2) is 69.0 Å². The normalized spacial score (nSPS) is 16.7. The Morgan fingerprint density at radius 3 is 0.979 bits per heavy atom. The zero-order chi connectivity index (χ0) is 99.9. The topological polar surface area (TPSA) is 276 Å². The van der Waals surface area contributed by atoms with E-state index in [-0.39, 0.29) is 109 Å². The van der Waals surface area contributed by atoms with E-state index in [4.69, 9.17) is 103 Å². The highest BCUT2D eigenvalue weighted by Gasteiger charge is 2.42. The first kappa shape index (κ1) is 101. The molecule has 6 heterocycles. The van der Waals surface area contributed by atoms with Crippen molar-refractivity contribution in [2.24, 2.45) is 34.4 Å². The van der Waals surface area contributed by atoms with Gasteiger partial charge in [0, 0.05) is 89.8 Å². The molecule has 6 atom stereocenters. The molecule has 0 saturated carbocycles. The first-order chi connectivity index (χ1) is 67.8. The van der Waals surface area contributed by atoms with Gasteiger partial charge in [-0.05, 0) is 124 Å². The molecule has 6 aliphatic heterocycles. The quantitative estimate of drug-likeness (QED) is 0.0520. The summed E-state index contributed by atoms with van der Waals surface area (Å²) >= 11 is 6.12. The number of benzene rings is 14. The van der Waals surface area contributed by atoms with E-state index in [0.29, 0.717) is 137 Å². The molecule has 0 unspecified atom stereocenters. The third-order valence-electron chi connectivity index (χ3n) is 22.7. The van der Waals surface area contributed by atoms with E-state index in [1.807, 2.05) is 78.9 Å². The van der Waals surface area contributed by atoms with Crippen LogP contribution < -0.4 is 96.0 Å². The Balaban J connectivity index is 0.000000128. The number of hydrogen-bond acceptors (Lipinski definition) is 19. The van der Waals surface area contributed by atoms with Crippen molar-refractivity contribution in [2.45, 2.75) is 68.4 Å². The van der Waals surface area contributed by atoms with Crippen molar-refractivity contribution in [3.05, 3.63) is 330 Å². The third-order valence-corrected chi connectivity index (χ3v) is 23.0. The highest BCUT2D eigenvalue weighted by atomic mass is 35.5. The number of aryl methyl sites for hydroxylation is 1. The smallest absolute Gasteiger partial charge is 0.486 e. The summed E-state index contributed by atoms with van der Waals surface area (Å²) < 4.78 is 258. The molecular formula is C107H93ClF14N6O13. The van der Waals surface area contributed by atoms with E-state index < -0.39 is 59.1 Å². The van der Waals surface area contributed by atoms with Crippen LogP contribution in [0.5, 0.6) is 74.7 Å². The van der Waals surface area contributed by atoms with Gasteiger partial charge in [0.1, 0.15) is 93.6 Å². The van der Waals surface area contributed by atoms with Gasteiger partial charge < -0.3 is 96.0 Å². The zero-order valence-electron chi connectivity index (χ0n) is 75.1. The van der Waals surface area contributed by atoms with Crippen LogP contribution >= 0.6 is 11.6 Å². The van der Waals surface area contributed by atoms with Crippen LogP contribution in [0.2, 0.25) is 5.02 Å². The molecule has 34 heteroatoms. The highest BCUT2D eigenvalue weighted by molar-refractivity contribution is 6.33. The molecule has 141 heavy (non-hydrogen) atoms. The maximum Gasteiger partial charge on any atom is 0.573 e. The molecule has 14 aromatic carbocycles. The molecule has 734 valence electrons. The predicted molar refractivity (Wildman–Crippen MR) is 507 cm³/mol. The summed E-state index contributed by atoms with van der Waals surface area (Å²) in [6.45, 7) is 5.22. The molecule has 6 aliphatic rings. The number of para-hydroxylation sites is 6. The summed E-state index contributed by atoms with van der Waals surface area (Å²) in [7, 11) is 0. The molecule has 0 aromatic heterocycles. The van der Waals surface area contributed by atoms with Gasteiger partial charge in [-0.15, -0.1) is 13.2 Å². The molecule has 0 bridgehead atoms. The summed E-state index contributed by atoms with van der Waals surface area (Å²) in [5, 5.41) is 0.330. The van der Waals surface area contributed by atoms with Crippen LogP contribution in [0.3, 0.4) is 0 Å². The van der Waals surface area contributed by atoms with E-state index >= 15 is 0 Å². The van der Waals surface area contributed by atoms with Crippen LogP contribution in [0.25, 0.3) is 89.0 Å². The van der Waals surface area contributed by atoms with Gasteiger partial charge in [-0.3, -0.25) is 0 Å². The van der Waals surface area contributed by atoms with Crippen LogP contribution in [-0.4, -0.2) is 122 Å². The van der Waals surface area contributed by atoms with Crippen LogP contribution in [0.4, 0.5) is 61.5 Å². The van der Waals surface area contributed by atoms with Crippen molar-refractivity contribution in [3.63, 3.8) is 0 Å². The monoisotopic (exact) mass is 1970 g/mol. The van der Waals surface area contributed by atoms with Crippen molar-refractivity contribution in [2.75, 3.05) is 78.9 Å². The fourth-order valence-electron chi connectivity index (χ4n) is 15.9. The lowest BCUT2D eigenvalue weighted by Gasteiger charge is -2.28. The number of nitrogens with two attached hydrogens (primary N) is 6. The minimum atomic E-state index is -4.98. The van der Waals surface area contributed by atoms with Gasteiger partial charge in [-0.2, -0.15) is 39.5 Å². The maximum absolute atomic E-state index is 14.2. The van der Waals surface area contributed by atoms with Crippen molar-refractivity contribution in [1.82, 2.24) is 0 Å². The van der Waals surface area contributed by atoms with Crippen molar-refractivity contribution in [1.29, 1.82) is 0 Å². The number of alkyl halides is 12. The minimum absolute atomic E-state index is 0.0123. The molecule has 0 saturated heterocycles. The second-order valence-electron chi connectivity index (χ2n) is 32.4. The Labute approximate surface area is 806 Å². The van der Waals surface area contributed by atoms with Crippen LogP contribution in [0.15, 0.2) is 291 Å². The van der Waals surface area contributed by atoms with E-state index in [9.17, 15) is 61.5 Å². The lowest BCUT2D eigenvalue weighted by atomic mass is 9.93. The Morgan fingerprint density at radius 2 is 0.596 bits per heavy atom. The fourth-order valence-corrected chi connectivity index (χ4v) is 16.2. The zero-order valence-corrected chi connectivity index (χ0v) is 75.9. The molecule has 0 spiro atoms. The summed E-state index contributed by atoms with van der Waals surface area (Å²) in [5.41, 5.74) is 40.6. The Kier molecular flexibility index (Phi) is 32.1. The second-order valence-corrected chi connectivity index (χ2v) is 32.8. The molecule has 0 amide bonds. The predicted octanol–water partition coefficient (Wildman–Crippen LogP) is 23.2. The minimum Gasteiger partial charge on any atom is -0.486 e. The largest absolute Gasteiger partial charge is 0.573 e. The highest BCUT2D eigenvalue weighted by Crippen LogP contribution is 2.53. The third kappa shape index (κ3) is 24.2. The van der Waals surface area contributed by atoms with Gasteiger partial charge in [0.2, 0.25) is 0 Å². The fraction of sp³-hybridized carbons (Fsp3) is 0.215. The molecule has 14 aromatic rings. The van der Waals surface area contributed by atoms with E-state index in [0.717, 1.165) is 51.4 Å². The summed E-state index contributed by atoms with van der Waals surface area (Å²) in [6.07, 6.45) is -21.0. The molecule has 19 nitrogen and oxygen atoms in total. The molecular weight excluding hydrogens is 1880 g/mol. The standard InChI is InChI=1S/C21H18FNO2.C21H19NO2.C17H13F6NO2.C17H16F3NO2.C16H14F3NO3.C15H13ClFNO2/c22-15-10-19(21-20(11-15)24-13-16(12-23)25-21)18-9-5-4-8-17(18)14-6-2-1-3-7-14;22-13-16-14-23-20-12-6-11-19(21(20)24-16)18-10-5-4-9-17(18)15-7-2-1-3-8-15;18-16(19,20)9-4-5-11(13(6-9)17(21,22)23)12-2-1-3-14-15(12)26-10(7-24)8-25-14;1-10-5-6-12(14(7-10)17(18,19)20)13-3-2-4-15-16(13)23-11(8-21)9-22-15;17-16(18,19)23-13-6-2-1-4-11(13)12-5-3-7-14-15(12)22-10(8-20)9-21-14;16-11-4-2-5-12(17)14(11)10-3-1-6-13-15(10)20-9(7-18)8-19-13/h1-11,16H,12-13,23H2;1-12,16H,13-14,22H2;1-6,10H,7-8,24H2;2-7,11H,8-9,21H2,1H3;1-7,10H,8-9,20H2;1-6,9H,7-8,18H2/t2*16-;10-;11-;10-;9-/m000000/s1. The molecule has 20 rings (SSSR count). The summed E-state index contributed by atoms with van der Waals surface area (Å²) in [4.78, 5) is 0. The lowest BCUT2D eigenvalue weighted by Crippen LogP contribution is -2.36. The number of rotatable bonds is 15. The molecule has 0 radical (unpaired) electrons. The van der Waals surface area contributed by atoms with Crippen molar-refractivity contribution < 1.29 is 123 Å². The van der Waals surface area contributed by atoms with Crippen molar-refractivity contribution in [3.8, 4) is 164 Å². The van der Waals surface area contributed by atoms with Gasteiger partial charge in [-0.1, -0.05) is 229 Å². The van der Waals surface area contributed by atoms with Gasteiger partial charge in [0.25, 0.3) is 0 Å². The Morgan fingerprint density at radius 1 is 0.284 bits per heavy atom. The molecule has 12 N–H and O–H groups in total. The Hall–Kier alpha value is -14.5. The number of halogens is 15. The average molecular weight is 1970 g/mol.